The summed E-state index contributed by atoms with van der Waals surface area (Å²) in [5.41, 5.74) is 5.88. The summed E-state index contributed by atoms with van der Waals surface area (Å²) in [7, 11) is 2.17. The van der Waals surface area contributed by atoms with Crippen molar-refractivity contribution >= 4 is 55.0 Å². The van der Waals surface area contributed by atoms with Crippen LogP contribution in [0.15, 0.2) is 37.8 Å². The van der Waals surface area contributed by atoms with Crippen molar-refractivity contribution in [3.63, 3.8) is 0 Å². The fourth-order valence-corrected chi connectivity index (χ4v) is 4.56. The van der Waals surface area contributed by atoms with E-state index in [4.69, 9.17) is 4.42 Å². The van der Waals surface area contributed by atoms with Crippen LogP contribution in [0.25, 0.3) is 33.3 Å². The van der Waals surface area contributed by atoms with Crippen molar-refractivity contribution in [2.75, 3.05) is 38.1 Å². The van der Waals surface area contributed by atoms with Gasteiger partial charge in [-0.3, -0.25) is 5.10 Å². The van der Waals surface area contributed by atoms with Crippen LogP contribution >= 0.6 is 27.3 Å². The second-order valence-electron chi connectivity index (χ2n) is 6.49. The number of fused-ring (bicyclic) bond motifs is 3. The Morgan fingerprint density at radius 3 is 2.80 bits per heavy atom. The van der Waals surface area contributed by atoms with Gasteiger partial charge in [-0.1, -0.05) is 0 Å². The quantitative estimate of drug-likeness (QED) is 0.520. The second-order valence-corrected chi connectivity index (χ2v) is 8.78. The monoisotopic (exact) mass is 416 g/mol. The van der Waals surface area contributed by atoms with Crippen LogP contribution in [0.4, 0.5) is 5.69 Å². The van der Waals surface area contributed by atoms with Crippen molar-refractivity contribution in [1.29, 1.82) is 0 Å². The molecule has 0 radical (unpaired) electrons. The Labute approximate surface area is 157 Å². The Morgan fingerprint density at radius 2 is 2.04 bits per heavy atom. The van der Waals surface area contributed by atoms with Gasteiger partial charge < -0.3 is 14.2 Å². The van der Waals surface area contributed by atoms with Crippen molar-refractivity contribution in [3.05, 3.63) is 33.4 Å². The normalized spacial score (nSPS) is 16.3. The molecule has 4 heterocycles. The molecule has 0 saturated carbocycles. The number of H-pyrrole nitrogens is 1. The van der Waals surface area contributed by atoms with E-state index in [0.717, 1.165) is 63.3 Å². The van der Waals surface area contributed by atoms with Crippen molar-refractivity contribution in [1.82, 2.24) is 15.1 Å². The minimum Gasteiger partial charge on any atom is -0.452 e. The number of aromatic nitrogens is 2. The Hall–Kier alpha value is -1.83. The van der Waals surface area contributed by atoms with Crippen LogP contribution in [0.5, 0.6) is 0 Å². The van der Waals surface area contributed by atoms with E-state index in [1.807, 2.05) is 0 Å². The van der Waals surface area contributed by atoms with Crippen LogP contribution < -0.4 is 4.90 Å². The van der Waals surface area contributed by atoms with Gasteiger partial charge in [0.25, 0.3) is 0 Å². The van der Waals surface area contributed by atoms with Gasteiger partial charge in [0, 0.05) is 54.3 Å². The molecule has 0 amide bonds. The molecule has 128 valence electrons. The van der Waals surface area contributed by atoms with Gasteiger partial charge in [-0.2, -0.15) is 5.10 Å². The van der Waals surface area contributed by atoms with E-state index in [1.165, 1.54) is 5.69 Å². The molecule has 5 nitrogen and oxygen atoms in total. The zero-order chi connectivity index (χ0) is 17.0. The predicted molar refractivity (Wildman–Crippen MR) is 107 cm³/mol. The Balaban J connectivity index is 1.58. The summed E-state index contributed by atoms with van der Waals surface area (Å²) in [5.74, 6) is 0. The summed E-state index contributed by atoms with van der Waals surface area (Å²) in [6, 6.07) is 8.55. The Kier molecular flexibility index (Phi) is 3.62. The molecule has 4 aromatic rings. The van der Waals surface area contributed by atoms with E-state index < -0.39 is 0 Å². The third kappa shape index (κ3) is 2.58. The fraction of sp³-hybridized carbons (Fsp3) is 0.278. The first-order chi connectivity index (χ1) is 12.2. The van der Waals surface area contributed by atoms with Crippen LogP contribution in [0.2, 0.25) is 0 Å². The van der Waals surface area contributed by atoms with Gasteiger partial charge in [0.15, 0.2) is 5.58 Å². The van der Waals surface area contributed by atoms with Gasteiger partial charge in [0.1, 0.15) is 16.8 Å². The molecule has 0 spiro atoms. The first-order valence-corrected chi connectivity index (χ1v) is 9.95. The molecular weight excluding hydrogens is 400 g/mol. The zero-order valence-electron chi connectivity index (χ0n) is 13.8. The molecule has 1 aliphatic rings. The van der Waals surface area contributed by atoms with E-state index >= 15 is 0 Å². The maximum Gasteiger partial charge on any atom is 0.181 e. The highest BCUT2D eigenvalue weighted by molar-refractivity contribution is 9.11. The number of thiophene rings is 1. The molecule has 3 aromatic heterocycles. The number of aromatic amines is 1. The molecule has 25 heavy (non-hydrogen) atoms. The lowest BCUT2D eigenvalue weighted by Gasteiger charge is -2.33. The number of rotatable bonds is 2. The summed E-state index contributed by atoms with van der Waals surface area (Å²) in [5, 5.41) is 10.8. The van der Waals surface area contributed by atoms with E-state index in [1.54, 1.807) is 11.3 Å². The molecule has 0 bridgehead atoms. The summed E-state index contributed by atoms with van der Waals surface area (Å²) in [6.07, 6.45) is 0. The summed E-state index contributed by atoms with van der Waals surface area (Å²) in [4.78, 5) is 4.79. The Bertz CT molecular complexity index is 1060. The molecule has 1 aliphatic heterocycles. The van der Waals surface area contributed by atoms with Crippen LogP contribution in [0.3, 0.4) is 0 Å². The molecular formula is C18H17BrN4OS. The first kappa shape index (κ1) is 15.4. The first-order valence-electron chi connectivity index (χ1n) is 8.27. The minimum absolute atomic E-state index is 0.829. The number of hydrogen-bond acceptors (Lipinski definition) is 5. The van der Waals surface area contributed by atoms with E-state index in [-0.39, 0.29) is 0 Å². The van der Waals surface area contributed by atoms with Crippen molar-refractivity contribution in [2.45, 2.75) is 0 Å². The third-order valence-electron chi connectivity index (χ3n) is 4.88. The molecule has 1 fully saturated rings. The Morgan fingerprint density at radius 1 is 1.20 bits per heavy atom. The fourth-order valence-electron chi connectivity index (χ4n) is 3.42. The summed E-state index contributed by atoms with van der Waals surface area (Å²) < 4.78 is 7.29. The molecule has 0 unspecified atom stereocenters. The number of halogens is 1. The van der Waals surface area contributed by atoms with Crippen molar-refractivity contribution < 1.29 is 4.42 Å². The number of likely N-dealkylation sites (N-methyl/N-ethyl adjacent to an activating group) is 1. The average molecular weight is 417 g/mol. The van der Waals surface area contributed by atoms with Gasteiger partial charge in [0.2, 0.25) is 0 Å². The topological polar surface area (TPSA) is 48.3 Å². The second kappa shape index (κ2) is 5.86. The molecule has 0 atom stereocenters. The van der Waals surface area contributed by atoms with E-state index in [9.17, 15) is 0 Å². The maximum atomic E-state index is 6.20. The van der Waals surface area contributed by atoms with E-state index in [2.05, 4.69) is 72.6 Å². The highest BCUT2D eigenvalue weighted by atomic mass is 79.9. The minimum atomic E-state index is 0.829. The molecule has 7 heteroatoms. The number of nitrogens with one attached hydrogen (secondary N) is 1. The van der Waals surface area contributed by atoms with Gasteiger partial charge in [-0.05, 0) is 41.2 Å². The number of anilines is 1. The number of piperazine rings is 1. The summed E-state index contributed by atoms with van der Waals surface area (Å²) in [6.45, 7) is 4.29. The largest absolute Gasteiger partial charge is 0.452 e. The van der Waals surface area contributed by atoms with E-state index in [0.29, 0.717) is 0 Å². The van der Waals surface area contributed by atoms with Crippen molar-refractivity contribution in [2.24, 2.45) is 0 Å². The number of furan rings is 1. The molecule has 1 aromatic carbocycles. The summed E-state index contributed by atoms with van der Waals surface area (Å²) >= 11 is 5.17. The standard InChI is InChI=1S/C18H17BrN4OS/c1-22-4-6-23(7-5-22)12-2-3-13-14(9-12)24-18-16(20-21-17(13)18)11-8-15(19)25-10-11/h2-3,8-10H,4-7H2,1H3,(H,20,21). The highest BCUT2D eigenvalue weighted by Gasteiger charge is 2.19. The maximum absolute atomic E-state index is 6.20. The van der Waals surface area contributed by atoms with Crippen LogP contribution in [-0.2, 0) is 0 Å². The SMILES string of the molecule is CN1CCN(c2ccc3c(c2)oc2c(-c4csc(Br)c4)n[nH]c23)CC1. The predicted octanol–water partition coefficient (Wildman–Crippen LogP) is 4.55. The smallest absolute Gasteiger partial charge is 0.181 e. The zero-order valence-corrected chi connectivity index (χ0v) is 16.2. The van der Waals surface area contributed by atoms with Gasteiger partial charge >= 0.3 is 0 Å². The van der Waals surface area contributed by atoms with Crippen LogP contribution in [-0.4, -0.2) is 48.3 Å². The number of hydrogen-bond donors (Lipinski definition) is 1. The number of nitrogens with zero attached hydrogens (tertiary/aromatic N) is 3. The lowest BCUT2D eigenvalue weighted by molar-refractivity contribution is 0.313. The third-order valence-corrected chi connectivity index (χ3v) is 6.38. The lowest BCUT2D eigenvalue weighted by Crippen LogP contribution is -2.44. The lowest BCUT2D eigenvalue weighted by atomic mass is 10.2. The average Bonchev–Trinajstić information content (AvgIpc) is 3.29. The number of benzene rings is 1. The van der Waals surface area contributed by atoms with Gasteiger partial charge in [-0.25, -0.2) is 0 Å². The van der Waals surface area contributed by atoms with Crippen LogP contribution in [0.1, 0.15) is 0 Å². The van der Waals surface area contributed by atoms with Crippen LogP contribution in [0, 0.1) is 0 Å². The molecule has 1 saturated heterocycles. The van der Waals surface area contributed by atoms with Crippen molar-refractivity contribution in [3.8, 4) is 11.3 Å². The highest BCUT2D eigenvalue weighted by Crippen LogP contribution is 2.37. The van der Waals surface area contributed by atoms with Gasteiger partial charge in [0.05, 0.1) is 3.79 Å². The molecule has 5 rings (SSSR count). The molecule has 1 N–H and O–H groups in total. The van der Waals surface area contributed by atoms with Gasteiger partial charge in [-0.15, -0.1) is 11.3 Å². The molecule has 0 aliphatic carbocycles.